The van der Waals surface area contributed by atoms with E-state index in [0.717, 1.165) is 0 Å². The number of benzene rings is 1. The molecule has 1 heterocycles. The molecule has 7 N–H and O–H groups in total. The molecule has 0 saturated carbocycles. The van der Waals surface area contributed by atoms with E-state index in [9.17, 15) is 14.4 Å². The first-order valence-corrected chi connectivity index (χ1v) is 7.56. The molecule has 25 heavy (non-hydrogen) atoms. The van der Waals surface area contributed by atoms with Gasteiger partial charge in [0.2, 0.25) is 5.91 Å². The van der Waals surface area contributed by atoms with Crippen LogP contribution < -0.4 is 16.8 Å². The summed E-state index contributed by atoms with van der Waals surface area (Å²) in [6, 6.07) is 4.51. The fourth-order valence-electron chi connectivity index (χ4n) is 2.64. The molecule has 134 valence electrons. The van der Waals surface area contributed by atoms with E-state index in [0.29, 0.717) is 26.2 Å². The van der Waals surface area contributed by atoms with E-state index >= 15 is 0 Å². The van der Waals surface area contributed by atoms with Gasteiger partial charge in [0.15, 0.2) is 12.0 Å². The fourth-order valence-corrected chi connectivity index (χ4v) is 2.64. The number of guanidine groups is 1. The standard InChI is InChI=1S/C15H20N6O4/c16-12(22)11(20-4-6-21(7-5-20)15(17)18)13(23)19-10-3-1-2-9(8-10)14(24)25/h1-3,8,11H,4-7H2,(H2,16,22)(H3,17,18)(H,19,23)(H,24,25). The molecule has 0 spiro atoms. The molecular formula is C15H20N6O4. The third-order valence-corrected chi connectivity index (χ3v) is 3.92. The van der Waals surface area contributed by atoms with Crippen molar-refractivity contribution in [2.45, 2.75) is 6.04 Å². The Labute approximate surface area is 143 Å². The van der Waals surface area contributed by atoms with Gasteiger partial charge < -0.3 is 26.8 Å². The summed E-state index contributed by atoms with van der Waals surface area (Å²) in [7, 11) is 0. The molecule has 2 rings (SSSR count). The van der Waals surface area contributed by atoms with Crippen LogP contribution in [0.3, 0.4) is 0 Å². The SMILES string of the molecule is N=C(N)N1CCN(C(C(N)=O)C(=O)Nc2cccc(C(=O)O)c2)CC1. The Hall–Kier alpha value is -3.14. The molecule has 1 aliphatic heterocycles. The van der Waals surface area contributed by atoms with Gasteiger partial charge in [-0.05, 0) is 18.2 Å². The van der Waals surface area contributed by atoms with Crippen molar-refractivity contribution in [1.29, 1.82) is 5.41 Å². The van der Waals surface area contributed by atoms with Gasteiger partial charge in [-0.1, -0.05) is 6.07 Å². The molecule has 1 atom stereocenters. The average Bonchev–Trinajstić information content (AvgIpc) is 2.55. The second-order valence-electron chi connectivity index (χ2n) is 5.59. The van der Waals surface area contributed by atoms with E-state index < -0.39 is 23.8 Å². The summed E-state index contributed by atoms with van der Waals surface area (Å²) in [5, 5.41) is 18.9. The van der Waals surface area contributed by atoms with Gasteiger partial charge in [0.25, 0.3) is 5.91 Å². The minimum atomic E-state index is -1.19. The molecule has 1 unspecified atom stereocenters. The molecule has 2 amide bonds. The van der Waals surface area contributed by atoms with Crippen LogP contribution in [0.5, 0.6) is 0 Å². The Morgan fingerprint density at radius 2 is 1.80 bits per heavy atom. The Balaban J connectivity index is 2.09. The molecule has 10 heteroatoms. The smallest absolute Gasteiger partial charge is 0.335 e. The Morgan fingerprint density at radius 1 is 1.16 bits per heavy atom. The average molecular weight is 348 g/mol. The molecule has 0 radical (unpaired) electrons. The van der Waals surface area contributed by atoms with Gasteiger partial charge in [-0.15, -0.1) is 0 Å². The number of aromatic carboxylic acids is 1. The third-order valence-electron chi connectivity index (χ3n) is 3.92. The third kappa shape index (κ3) is 4.44. The number of hydrogen-bond donors (Lipinski definition) is 5. The number of amides is 2. The topological polar surface area (TPSA) is 166 Å². The summed E-state index contributed by atoms with van der Waals surface area (Å²) < 4.78 is 0. The van der Waals surface area contributed by atoms with Crippen LogP contribution in [0.4, 0.5) is 5.69 Å². The van der Waals surface area contributed by atoms with Crippen LogP contribution in [-0.2, 0) is 9.59 Å². The molecule has 0 aliphatic carbocycles. The van der Waals surface area contributed by atoms with E-state index in [1.165, 1.54) is 24.3 Å². The van der Waals surface area contributed by atoms with Gasteiger partial charge >= 0.3 is 5.97 Å². The van der Waals surface area contributed by atoms with E-state index in [-0.39, 0.29) is 17.2 Å². The zero-order valence-electron chi connectivity index (χ0n) is 13.4. The first kappa shape index (κ1) is 18.2. The molecule has 0 aromatic heterocycles. The number of carboxylic acid groups (broad SMARTS) is 1. The number of piperazine rings is 1. The number of anilines is 1. The highest BCUT2D eigenvalue weighted by molar-refractivity contribution is 6.09. The lowest BCUT2D eigenvalue weighted by molar-refractivity contribution is -0.133. The monoisotopic (exact) mass is 348 g/mol. The van der Waals surface area contributed by atoms with Crippen LogP contribution in [0.25, 0.3) is 0 Å². The second kappa shape index (κ2) is 7.62. The summed E-state index contributed by atoms with van der Waals surface area (Å²) >= 11 is 0. The van der Waals surface area contributed by atoms with Crippen LogP contribution in [0, 0.1) is 5.41 Å². The van der Waals surface area contributed by atoms with Crippen LogP contribution in [0.2, 0.25) is 0 Å². The number of carboxylic acids is 1. The maximum Gasteiger partial charge on any atom is 0.335 e. The number of rotatable bonds is 5. The van der Waals surface area contributed by atoms with Crippen molar-refractivity contribution >= 4 is 29.4 Å². The van der Waals surface area contributed by atoms with Crippen LogP contribution in [0.1, 0.15) is 10.4 Å². The highest BCUT2D eigenvalue weighted by Crippen LogP contribution is 2.13. The lowest BCUT2D eigenvalue weighted by Crippen LogP contribution is -2.59. The van der Waals surface area contributed by atoms with E-state index in [1.54, 1.807) is 9.80 Å². The van der Waals surface area contributed by atoms with Crippen molar-refractivity contribution in [2.75, 3.05) is 31.5 Å². The summed E-state index contributed by atoms with van der Waals surface area (Å²) in [6.45, 7) is 1.49. The van der Waals surface area contributed by atoms with Crippen molar-refractivity contribution in [3.05, 3.63) is 29.8 Å². The van der Waals surface area contributed by atoms with E-state index in [4.69, 9.17) is 22.0 Å². The van der Waals surface area contributed by atoms with Gasteiger partial charge in [-0.3, -0.25) is 19.9 Å². The summed E-state index contributed by atoms with van der Waals surface area (Å²) in [5.74, 6) is -2.62. The van der Waals surface area contributed by atoms with Crippen LogP contribution >= 0.6 is 0 Å². The van der Waals surface area contributed by atoms with Gasteiger partial charge in [0, 0.05) is 31.9 Å². The van der Waals surface area contributed by atoms with E-state index in [1.807, 2.05) is 0 Å². The number of primary amides is 1. The minimum absolute atomic E-state index is 0.0171. The van der Waals surface area contributed by atoms with Crippen molar-refractivity contribution in [3.63, 3.8) is 0 Å². The first-order chi connectivity index (χ1) is 11.8. The van der Waals surface area contributed by atoms with Crippen molar-refractivity contribution < 1.29 is 19.5 Å². The number of nitrogens with two attached hydrogens (primary N) is 2. The number of hydrogen-bond acceptors (Lipinski definition) is 5. The quantitative estimate of drug-likeness (QED) is 0.250. The molecule has 10 nitrogen and oxygen atoms in total. The molecule has 1 aliphatic rings. The fraction of sp³-hybridized carbons (Fsp3) is 0.333. The van der Waals surface area contributed by atoms with Crippen LogP contribution in [-0.4, -0.2) is 70.9 Å². The molecular weight excluding hydrogens is 328 g/mol. The maximum atomic E-state index is 12.5. The number of carbonyl (C=O) groups is 3. The second-order valence-corrected chi connectivity index (χ2v) is 5.59. The molecule has 1 saturated heterocycles. The lowest BCUT2D eigenvalue weighted by atomic mass is 10.1. The lowest BCUT2D eigenvalue weighted by Gasteiger charge is -2.37. The van der Waals surface area contributed by atoms with Crippen LogP contribution in [0.15, 0.2) is 24.3 Å². The molecule has 1 aromatic carbocycles. The summed E-state index contributed by atoms with van der Waals surface area (Å²) in [6.07, 6.45) is 0. The first-order valence-electron chi connectivity index (χ1n) is 7.56. The predicted octanol–water partition coefficient (Wildman–Crippen LogP) is -1.31. The highest BCUT2D eigenvalue weighted by Gasteiger charge is 2.33. The van der Waals surface area contributed by atoms with Crippen molar-refractivity contribution in [2.24, 2.45) is 11.5 Å². The molecule has 0 bridgehead atoms. The number of carbonyl (C=O) groups excluding carboxylic acids is 2. The molecule has 1 fully saturated rings. The summed E-state index contributed by atoms with van der Waals surface area (Å²) in [4.78, 5) is 38.5. The number of nitrogens with zero attached hydrogens (tertiary/aromatic N) is 2. The van der Waals surface area contributed by atoms with Gasteiger partial charge in [-0.2, -0.15) is 0 Å². The predicted molar refractivity (Wildman–Crippen MR) is 90.1 cm³/mol. The number of nitrogens with one attached hydrogen (secondary N) is 2. The van der Waals surface area contributed by atoms with Gasteiger partial charge in [0.05, 0.1) is 5.56 Å². The highest BCUT2D eigenvalue weighted by atomic mass is 16.4. The minimum Gasteiger partial charge on any atom is -0.478 e. The maximum absolute atomic E-state index is 12.5. The zero-order chi connectivity index (χ0) is 18.6. The Morgan fingerprint density at radius 3 is 2.32 bits per heavy atom. The van der Waals surface area contributed by atoms with Gasteiger partial charge in [0.1, 0.15) is 0 Å². The Kier molecular flexibility index (Phi) is 5.55. The zero-order valence-corrected chi connectivity index (χ0v) is 13.4. The van der Waals surface area contributed by atoms with Gasteiger partial charge in [-0.25, -0.2) is 4.79 Å². The molecule has 1 aromatic rings. The normalized spacial score (nSPS) is 16.1. The Bertz CT molecular complexity index is 699. The van der Waals surface area contributed by atoms with E-state index in [2.05, 4.69) is 5.32 Å². The van der Waals surface area contributed by atoms with Crippen molar-refractivity contribution in [3.8, 4) is 0 Å². The largest absolute Gasteiger partial charge is 0.478 e. The van der Waals surface area contributed by atoms with Crippen molar-refractivity contribution in [1.82, 2.24) is 9.80 Å². The summed E-state index contributed by atoms with van der Waals surface area (Å²) in [5.41, 5.74) is 11.1.